The van der Waals surface area contributed by atoms with Gasteiger partial charge in [0.2, 0.25) is 0 Å². The molecule has 0 atom stereocenters. The Morgan fingerprint density at radius 3 is 2.19 bits per heavy atom. The first-order valence-corrected chi connectivity index (χ1v) is 7.66. The van der Waals surface area contributed by atoms with Crippen LogP contribution in [0.4, 0.5) is 5.13 Å². The van der Waals surface area contributed by atoms with Gasteiger partial charge in [-0.25, -0.2) is 4.98 Å². The number of aromatic nitrogens is 1. The number of nitrogens with zero attached hydrogens (tertiary/aromatic N) is 1. The highest BCUT2D eigenvalue weighted by atomic mass is 32.1. The van der Waals surface area contributed by atoms with Crippen molar-refractivity contribution in [2.24, 2.45) is 0 Å². The Bertz CT molecular complexity index is 660. The van der Waals surface area contributed by atoms with Crippen LogP contribution < -0.4 is 5.32 Å². The molecule has 3 aromatic rings. The zero-order valence-electron chi connectivity index (χ0n) is 11.6. The quantitative estimate of drug-likeness (QED) is 0.664. The second kappa shape index (κ2) is 6.37. The Kier molecular flexibility index (Phi) is 4.12. The number of nitrogens with one attached hydrogen (secondary N) is 1. The van der Waals surface area contributed by atoms with Crippen LogP contribution in [0, 0.1) is 0 Å². The van der Waals surface area contributed by atoms with Crippen LogP contribution in [0.1, 0.15) is 0 Å². The average Bonchev–Trinajstić information content (AvgIpc) is 2.99. The molecule has 0 aliphatic carbocycles. The summed E-state index contributed by atoms with van der Waals surface area (Å²) in [5.41, 5.74) is 3.36. The summed E-state index contributed by atoms with van der Waals surface area (Å²) in [6.45, 7) is 4.45. The van der Waals surface area contributed by atoms with Gasteiger partial charge in [-0.15, -0.1) is 6.58 Å². The number of hydrogen-bond acceptors (Lipinski definition) is 3. The van der Waals surface area contributed by atoms with E-state index in [0.29, 0.717) is 0 Å². The second-order valence-electron chi connectivity index (χ2n) is 4.60. The van der Waals surface area contributed by atoms with E-state index < -0.39 is 0 Å². The normalized spacial score (nSPS) is 10.3. The lowest BCUT2D eigenvalue weighted by Gasteiger charge is -2.02. The molecule has 3 heteroatoms. The van der Waals surface area contributed by atoms with Crippen LogP contribution in [0.15, 0.2) is 73.3 Å². The average molecular weight is 292 g/mol. The van der Waals surface area contributed by atoms with Gasteiger partial charge in [-0.05, 0) is 5.56 Å². The molecule has 0 aliphatic heterocycles. The SMILES string of the molecule is C=CCNc1nc(-c2ccccc2)c(-c2ccccc2)s1. The van der Waals surface area contributed by atoms with Gasteiger partial charge in [-0.2, -0.15) is 0 Å². The van der Waals surface area contributed by atoms with Crippen LogP contribution in [0.3, 0.4) is 0 Å². The van der Waals surface area contributed by atoms with Crippen molar-refractivity contribution in [3.63, 3.8) is 0 Å². The molecule has 1 aromatic heterocycles. The maximum atomic E-state index is 4.75. The predicted molar refractivity (Wildman–Crippen MR) is 91.7 cm³/mol. The lowest BCUT2D eigenvalue weighted by Crippen LogP contribution is -1.96. The molecule has 0 aliphatic rings. The van der Waals surface area contributed by atoms with Crippen LogP contribution >= 0.6 is 11.3 Å². The minimum atomic E-state index is 0.718. The monoisotopic (exact) mass is 292 g/mol. The molecule has 0 saturated carbocycles. The fraction of sp³-hybridized carbons (Fsp3) is 0.0556. The van der Waals surface area contributed by atoms with Gasteiger partial charge in [0.15, 0.2) is 5.13 Å². The highest BCUT2D eigenvalue weighted by Crippen LogP contribution is 2.38. The molecule has 2 nitrogen and oxygen atoms in total. The third-order valence-electron chi connectivity index (χ3n) is 3.11. The van der Waals surface area contributed by atoms with Crippen molar-refractivity contribution in [2.75, 3.05) is 11.9 Å². The van der Waals surface area contributed by atoms with Gasteiger partial charge < -0.3 is 5.32 Å². The minimum Gasteiger partial charge on any atom is -0.358 e. The number of rotatable bonds is 5. The van der Waals surface area contributed by atoms with E-state index in [4.69, 9.17) is 4.98 Å². The van der Waals surface area contributed by atoms with Crippen LogP contribution in [0.2, 0.25) is 0 Å². The Balaban J connectivity index is 2.08. The van der Waals surface area contributed by atoms with E-state index in [0.717, 1.165) is 22.9 Å². The fourth-order valence-electron chi connectivity index (χ4n) is 2.13. The Hall–Kier alpha value is -2.39. The van der Waals surface area contributed by atoms with Crippen molar-refractivity contribution in [3.8, 4) is 21.7 Å². The summed E-state index contributed by atoms with van der Waals surface area (Å²) in [5.74, 6) is 0. The molecule has 0 amide bonds. The maximum absolute atomic E-state index is 4.75. The van der Waals surface area contributed by atoms with E-state index >= 15 is 0 Å². The third-order valence-corrected chi connectivity index (χ3v) is 4.17. The summed E-state index contributed by atoms with van der Waals surface area (Å²) in [7, 11) is 0. The van der Waals surface area contributed by atoms with Crippen LogP contribution in [0.25, 0.3) is 21.7 Å². The van der Waals surface area contributed by atoms with Crippen molar-refractivity contribution in [2.45, 2.75) is 0 Å². The molecule has 0 bridgehead atoms. The molecular formula is C18H16N2S. The predicted octanol–water partition coefficient (Wildman–Crippen LogP) is 5.08. The van der Waals surface area contributed by atoms with E-state index in [2.05, 4.69) is 48.3 Å². The molecule has 0 unspecified atom stereocenters. The summed E-state index contributed by atoms with van der Waals surface area (Å²) in [6, 6.07) is 20.7. The second-order valence-corrected chi connectivity index (χ2v) is 5.60. The summed E-state index contributed by atoms with van der Waals surface area (Å²) in [5, 5.41) is 4.21. The summed E-state index contributed by atoms with van der Waals surface area (Å²) in [6.07, 6.45) is 1.84. The largest absolute Gasteiger partial charge is 0.358 e. The van der Waals surface area contributed by atoms with Gasteiger partial charge in [0.1, 0.15) is 0 Å². The third kappa shape index (κ3) is 3.03. The van der Waals surface area contributed by atoms with Crippen LogP contribution in [-0.2, 0) is 0 Å². The molecule has 3 rings (SSSR count). The molecule has 0 fully saturated rings. The van der Waals surface area contributed by atoms with E-state index in [1.54, 1.807) is 11.3 Å². The smallest absolute Gasteiger partial charge is 0.184 e. The number of anilines is 1. The molecule has 1 heterocycles. The summed E-state index contributed by atoms with van der Waals surface area (Å²) >= 11 is 1.68. The molecule has 0 spiro atoms. The van der Waals surface area contributed by atoms with Gasteiger partial charge in [0.05, 0.1) is 10.6 Å². The van der Waals surface area contributed by atoms with Crippen LogP contribution in [-0.4, -0.2) is 11.5 Å². The first-order chi connectivity index (χ1) is 10.4. The highest BCUT2D eigenvalue weighted by molar-refractivity contribution is 7.19. The van der Waals surface area contributed by atoms with E-state index in [-0.39, 0.29) is 0 Å². The molecule has 1 N–H and O–H groups in total. The Labute approximate surface area is 128 Å². The van der Waals surface area contributed by atoms with Gasteiger partial charge in [0.25, 0.3) is 0 Å². The van der Waals surface area contributed by atoms with Gasteiger partial charge in [0, 0.05) is 12.1 Å². The molecule has 0 saturated heterocycles. The lowest BCUT2D eigenvalue weighted by atomic mass is 10.1. The van der Waals surface area contributed by atoms with Crippen LogP contribution in [0.5, 0.6) is 0 Å². The first kappa shape index (κ1) is 13.6. The minimum absolute atomic E-state index is 0.718. The Morgan fingerprint density at radius 1 is 0.952 bits per heavy atom. The van der Waals surface area contributed by atoms with Gasteiger partial charge >= 0.3 is 0 Å². The summed E-state index contributed by atoms with van der Waals surface area (Å²) < 4.78 is 0. The number of thiazole rings is 1. The molecule has 104 valence electrons. The maximum Gasteiger partial charge on any atom is 0.184 e. The van der Waals surface area contributed by atoms with Gasteiger partial charge in [-0.1, -0.05) is 78.1 Å². The number of benzene rings is 2. The number of hydrogen-bond donors (Lipinski definition) is 1. The standard InChI is InChI=1S/C18H16N2S/c1-2-13-19-18-20-16(14-9-5-3-6-10-14)17(21-18)15-11-7-4-8-12-15/h2-12H,1,13H2,(H,19,20). The van der Waals surface area contributed by atoms with Crippen molar-refractivity contribution in [3.05, 3.63) is 73.3 Å². The molecule has 21 heavy (non-hydrogen) atoms. The zero-order valence-corrected chi connectivity index (χ0v) is 12.4. The zero-order chi connectivity index (χ0) is 14.5. The highest BCUT2D eigenvalue weighted by Gasteiger charge is 2.14. The van der Waals surface area contributed by atoms with E-state index in [1.165, 1.54) is 10.4 Å². The van der Waals surface area contributed by atoms with E-state index in [9.17, 15) is 0 Å². The lowest BCUT2D eigenvalue weighted by molar-refractivity contribution is 1.29. The molecular weight excluding hydrogens is 276 g/mol. The van der Waals surface area contributed by atoms with Crippen molar-refractivity contribution < 1.29 is 0 Å². The summed E-state index contributed by atoms with van der Waals surface area (Å²) in [4.78, 5) is 5.94. The molecule has 0 radical (unpaired) electrons. The van der Waals surface area contributed by atoms with Crippen molar-refractivity contribution >= 4 is 16.5 Å². The van der Waals surface area contributed by atoms with Gasteiger partial charge in [-0.3, -0.25) is 0 Å². The van der Waals surface area contributed by atoms with E-state index in [1.807, 2.05) is 30.3 Å². The first-order valence-electron chi connectivity index (χ1n) is 6.85. The van der Waals surface area contributed by atoms with Crippen molar-refractivity contribution in [1.29, 1.82) is 0 Å². The van der Waals surface area contributed by atoms with Crippen molar-refractivity contribution in [1.82, 2.24) is 4.98 Å². The Morgan fingerprint density at radius 2 is 1.57 bits per heavy atom. The fourth-order valence-corrected chi connectivity index (χ4v) is 3.13. The molecule has 2 aromatic carbocycles. The topological polar surface area (TPSA) is 24.9 Å².